The maximum Gasteiger partial charge on any atom is 0.256 e. The molecule has 3 heterocycles. The van der Waals surface area contributed by atoms with Crippen molar-refractivity contribution in [2.75, 3.05) is 6.61 Å². The van der Waals surface area contributed by atoms with Crippen LogP contribution in [0.1, 0.15) is 35.2 Å². The van der Waals surface area contributed by atoms with Gasteiger partial charge in [0, 0.05) is 29.9 Å². The van der Waals surface area contributed by atoms with E-state index in [2.05, 4.69) is 17.1 Å². The molecule has 4 nitrogen and oxygen atoms in total. The van der Waals surface area contributed by atoms with Gasteiger partial charge in [0.25, 0.3) is 5.91 Å². The van der Waals surface area contributed by atoms with Gasteiger partial charge in [0.05, 0.1) is 17.2 Å². The van der Waals surface area contributed by atoms with E-state index >= 15 is 0 Å². The van der Waals surface area contributed by atoms with Gasteiger partial charge in [-0.25, -0.2) is 0 Å². The first-order chi connectivity index (χ1) is 12.1. The standard InChI is InChI=1S/C20H21ClN2O2/c21-17-12-22-9-8-16(17)19(25)23-15-6-7-18(23)20(11-15,13-24)10-14-4-2-1-3-5-14/h1-5,8-9,12,15,18,24H,6-7,10-11,13H2/t15-,18+,20-/m0/s1. The Morgan fingerprint density at radius 3 is 2.80 bits per heavy atom. The van der Waals surface area contributed by atoms with Crippen molar-refractivity contribution in [3.05, 3.63) is 64.9 Å². The van der Waals surface area contributed by atoms with Crippen molar-refractivity contribution < 1.29 is 9.90 Å². The summed E-state index contributed by atoms with van der Waals surface area (Å²) in [4.78, 5) is 19.1. The fourth-order valence-corrected chi connectivity index (χ4v) is 4.90. The minimum absolute atomic E-state index is 0.0386. The minimum Gasteiger partial charge on any atom is -0.396 e. The van der Waals surface area contributed by atoms with E-state index in [9.17, 15) is 9.90 Å². The quantitative estimate of drug-likeness (QED) is 0.914. The first kappa shape index (κ1) is 16.6. The number of rotatable bonds is 4. The molecule has 2 fully saturated rings. The normalized spacial score (nSPS) is 27.7. The summed E-state index contributed by atoms with van der Waals surface area (Å²) in [6, 6.07) is 12.1. The van der Waals surface area contributed by atoms with Gasteiger partial charge in [0.15, 0.2) is 0 Å². The highest BCUT2D eigenvalue weighted by Crippen LogP contribution is 2.51. The molecular formula is C20H21ClN2O2. The van der Waals surface area contributed by atoms with E-state index in [0.29, 0.717) is 10.6 Å². The maximum atomic E-state index is 13.1. The van der Waals surface area contributed by atoms with Crippen molar-refractivity contribution in [1.82, 2.24) is 9.88 Å². The third-order valence-corrected chi connectivity index (χ3v) is 6.10. The topological polar surface area (TPSA) is 53.4 Å². The number of halogens is 1. The van der Waals surface area contributed by atoms with Crippen LogP contribution in [0.4, 0.5) is 0 Å². The number of hydrogen-bond donors (Lipinski definition) is 1. The summed E-state index contributed by atoms with van der Waals surface area (Å²) < 4.78 is 0. The van der Waals surface area contributed by atoms with Crippen LogP contribution in [-0.4, -0.2) is 39.6 Å². The SMILES string of the molecule is O=C(c1ccncc1Cl)N1[C@H]2CC[C@@H]1[C@@](CO)(Cc1ccccc1)C2. The van der Waals surface area contributed by atoms with Crippen LogP contribution in [0.3, 0.4) is 0 Å². The lowest BCUT2D eigenvalue weighted by Crippen LogP contribution is -2.44. The Kier molecular flexibility index (Phi) is 4.26. The van der Waals surface area contributed by atoms with E-state index < -0.39 is 0 Å². The zero-order valence-electron chi connectivity index (χ0n) is 13.9. The van der Waals surface area contributed by atoms with Crippen LogP contribution in [0.15, 0.2) is 48.8 Å². The lowest BCUT2D eigenvalue weighted by Gasteiger charge is -2.36. The monoisotopic (exact) mass is 356 g/mol. The molecule has 4 rings (SSSR count). The van der Waals surface area contributed by atoms with Gasteiger partial charge in [0.2, 0.25) is 0 Å². The third kappa shape index (κ3) is 2.74. The van der Waals surface area contributed by atoms with Gasteiger partial charge in [-0.2, -0.15) is 0 Å². The van der Waals surface area contributed by atoms with Gasteiger partial charge in [-0.15, -0.1) is 0 Å². The molecule has 1 aromatic heterocycles. The molecule has 1 N–H and O–H groups in total. The number of carbonyl (C=O) groups excluding carboxylic acids is 1. The number of aromatic nitrogens is 1. The fraction of sp³-hybridized carbons (Fsp3) is 0.400. The van der Waals surface area contributed by atoms with Gasteiger partial charge in [-0.3, -0.25) is 9.78 Å². The van der Waals surface area contributed by atoms with Crippen molar-refractivity contribution in [3.8, 4) is 0 Å². The molecule has 0 radical (unpaired) electrons. The number of carbonyl (C=O) groups is 1. The van der Waals surface area contributed by atoms with Crippen molar-refractivity contribution >= 4 is 17.5 Å². The summed E-state index contributed by atoms with van der Waals surface area (Å²) in [6.45, 7) is 0.0942. The van der Waals surface area contributed by atoms with Crippen molar-refractivity contribution in [3.63, 3.8) is 0 Å². The largest absolute Gasteiger partial charge is 0.396 e. The molecule has 2 aliphatic heterocycles. The number of fused-ring (bicyclic) bond motifs is 2. The Morgan fingerprint density at radius 2 is 2.08 bits per heavy atom. The Hall–Kier alpha value is -1.91. The third-order valence-electron chi connectivity index (χ3n) is 5.80. The van der Waals surface area contributed by atoms with Gasteiger partial charge in [-0.05, 0) is 37.3 Å². The first-order valence-corrected chi connectivity index (χ1v) is 9.09. The van der Waals surface area contributed by atoms with E-state index in [1.807, 2.05) is 23.1 Å². The van der Waals surface area contributed by atoms with Crippen molar-refractivity contribution in [1.29, 1.82) is 0 Å². The predicted molar refractivity (Wildman–Crippen MR) is 96.5 cm³/mol. The zero-order chi connectivity index (χ0) is 17.4. The van der Waals surface area contributed by atoms with Gasteiger partial charge < -0.3 is 10.0 Å². The lowest BCUT2D eigenvalue weighted by molar-refractivity contribution is 0.0571. The summed E-state index contributed by atoms with van der Waals surface area (Å²) in [7, 11) is 0. The summed E-state index contributed by atoms with van der Waals surface area (Å²) in [5.41, 5.74) is 1.44. The summed E-state index contributed by atoms with van der Waals surface area (Å²) in [5, 5.41) is 10.6. The minimum atomic E-state index is -0.264. The number of aliphatic hydroxyl groups excluding tert-OH is 1. The molecule has 25 heavy (non-hydrogen) atoms. The molecule has 1 amide bonds. The molecule has 3 atom stereocenters. The summed E-state index contributed by atoms with van der Waals surface area (Å²) in [6.07, 6.45) is 6.68. The van der Waals surface area contributed by atoms with Crippen LogP contribution in [0, 0.1) is 5.41 Å². The molecule has 0 saturated carbocycles. The fourth-order valence-electron chi connectivity index (χ4n) is 4.70. The van der Waals surface area contributed by atoms with Crippen LogP contribution in [0.2, 0.25) is 5.02 Å². The lowest BCUT2D eigenvalue weighted by atomic mass is 9.70. The van der Waals surface area contributed by atoms with Crippen molar-refractivity contribution in [2.45, 2.75) is 37.8 Å². The van der Waals surface area contributed by atoms with Gasteiger partial charge in [-0.1, -0.05) is 41.9 Å². The molecule has 2 aliphatic rings. The number of benzene rings is 1. The highest BCUT2D eigenvalue weighted by atomic mass is 35.5. The van der Waals surface area contributed by atoms with Crippen molar-refractivity contribution in [2.24, 2.45) is 5.41 Å². The highest BCUT2D eigenvalue weighted by Gasteiger charge is 2.57. The average Bonchev–Trinajstić information content (AvgIpc) is 3.18. The zero-order valence-corrected chi connectivity index (χ0v) is 14.7. The molecule has 2 aromatic rings. The van der Waals surface area contributed by atoms with E-state index in [0.717, 1.165) is 25.7 Å². The Morgan fingerprint density at radius 1 is 1.28 bits per heavy atom. The number of hydrogen-bond acceptors (Lipinski definition) is 3. The number of pyridine rings is 1. The predicted octanol–water partition coefficient (Wildman–Crippen LogP) is 3.33. The number of nitrogens with zero attached hydrogens (tertiary/aromatic N) is 2. The molecule has 0 unspecified atom stereocenters. The Labute approximate surface area is 152 Å². The van der Waals surface area contributed by atoms with E-state index in [-0.39, 0.29) is 30.0 Å². The second-order valence-corrected chi connectivity index (χ2v) is 7.61. The molecule has 130 valence electrons. The summed E-state index contributed by atoms with van der Waals surface area (Å²) in [5.74, 6) is -0.0386. The number of aliphatic hydroxyl groups is 1. The second-order valence-electron chi connectivity index (χ2n) is 7.20. The maximum absolute atomic E-state index is 13.1. The Balaban J connectivity index is 1.64. The van der Waals surface area contributed by atoms with Crippen LogP contribution >= 0.6 is 11.6 Å². The Bertz CT molecular complexity index is 782. The molecule has 0 spiro atoms. The van der Waals surface area contributed by atoms with Crippen LogP contribution in [0.5, 0.6) is 0 Å². The molecule has 2 saturated heterocycles. The first-order valence-electron chi connectivity index (χ1n) is 8.71. The number of amides is 1. The average molecular weight is 357 g/mol. The summed E-state index contributed by atoms with van der Waals surface area (Å²) >= 11 is 6.19. The van der Waals surface area contributed by atoms with Crippen LogP contribution < -0.4 is 0 Å². The van der Waals surface area contributed by atoms with Crippen LogP contribution in [0.25, 0.3) is 0 Å². The molecule has 1 aromatic carbocycles. The van der Waals surface area contributed by atoms with Crippen LogP contribution in [-0.2, 0) is 6.42 Å². The molecular weight excluding hydrogens is 336 g/mol. The molecule has 0 aliphatic carbocycles. The van der Waals surface area contributed by atoms with E-state index in [4.69, 9.17) is 11.6 Å². The van der Waals surface area contributed by atoms with E-state index in [1.165, 1.54) is 11.8 Å². The van der Waals surface area contributed by atoms with E-state index in [1.54, 1.807) is 12.3 Å². The highest BCUT2D eigenvalue weighted by molar-refractivity contribution is 6.33. The molecule has 2 bridgehead atoms. The van der Waals surface area contributed by atoms with Gasteiger partial charge in [0.1, 0.15) is 0 Å². The smallest absolute Gasteiger partial charge is 0.256 e. The second kappa shape index (κ2) is 6.43. The molecule has 5 heteroatoms. The van der Waals surface area contributed by atoms with Gasteiger partial charge >= 0.3 is 0 Å².